The molecule has 21 heavy (non-hydrogen) atoms. The minimum atomic E-state index is -1.08. The Morgan fingerprint density at radius 1 is 1.38 bits per heavy atom. The monoisotopic (exact) mass is 294 g/mol. The highest BCUT2D eigenvalue weighted by Gasteiger charge is 2.17. The number of carbonyl (C=O) groups is 2. The fourth-order valence-electron chi connectivity index (χ4n) is 1.66. The highest BCUT2D eigenvalue weighted by atomic mass is 16.5. The van der Waals surface area contributed by atoms with Crippen molar-refractivity contribution in [1.29, 1.82) is 0 Å². The summed E-state index contributed by atoms with van der Waals surface area (Å²) in [6.45, 7) is 5.41. The number of ether oxygens (including phenoxy) is 1. The van der Waals surface area contributed by atoms with E-state index in [1.165, 1.54) is 6.92 Å². The van der Waals surface area contributed by atoms with Gasteiger partial charge < -0.3 is 20.5 Å². The van der Waals surface area contributed by atoms with Gasteiger partial charge in [0.1, 0.15) is 11.8 Å². The van der Waals surface area contributed by atoms with Crippen LogP contribution >= 0.6 is 0 Å². The second-order valence-electron chi connectivity index (χ2n) is 4.84. The number of carboxylic acid groups (broad SMARTS) is 1. The number of carboxylic acids is 1. The van der Waals surface area contributed by atoms with E-state index in [0.29, 0.717) is 0 Å². The summed E-state index contributed by atoms with van der Waals surface area (Å²) in [6.07, 6.45) is 1.02. The lowest BCUT2D eigenvalue weighted by atomic mass is 10.2. The quantitative estimate of drug-likeness (QED) is 0.681. The Kier molecular flexibility index (Phi) is 6.52. The summed E-state index contributed by atoms with van der Waals surface area (Å²) < 4.78 is 5.70. The van der Waals surface area contributed by atoms with Crippen molar-refractivity contribution in [1.82, 2.24) is 5.32 Å². The lowest BCUT2D eigenvalue weighted by Gasteiger charge is -2.16. The van der Waals surface area contributed by atoms with Gasteiger partial charge in [-0.25, -0.2) is 4.79 Å². The lowest BCUT2D eigenvalue weighted by molar-refractivity contribution is -0.141. The van der Waals surface area contributed by atoms with Crippen LogP contribution in [0, 0.1) is 0 Å². The van der Waals surface area contributed by atoms with Crippen LogP contribution in [0.25, 0.3) is 0 Å². The average molecular weight is 294 g/mol. The predicted octanol–water partition coefficient (Wildman–Crippen LogP) is 1.87. The standard InChI is InChI=1S/C15H22N2O4/c1-4-10(2)21-13-7-5-6-12(8-13)16-9-14(15(19)20)17-11(3)18/h5-8,10,14,16H,4,9H2,1-3H3,(H,17,18)(H,19,20). The van der Waals surface area contributed by atoms with E-state index < -0.39 is 12.0 Å². The van der Waals surface area contributed by atoms with Crippen LogP contribution in [-0.2, 0) is 9.59 Å². The minimum absolute atomic E-state index is 0.0989. The molecule has 6 nitrogen and oxygen atoms in total. The molecule has 0 spiro atoms. The van der Waals surface area contributed by atoms with Crippen molar-refractivity contribution < 1.29 is 19.4 Å². The molecule has 116 valence electrons. The van der Waals surface area contributed by atoms with Crippen LogP contribution in [0.1, 0.15) is 27.2 Å². The van der Waals surface area contributed by atoms with Crippen LogP contribution in [-0.4, -0.2) is 35.7 Å². The Hall–Kier alpha value is -2.24. The molecular formula is C15H22N2O4. The molecule has 0 fully saturated rings. The fraction of sp³-hybridized carbons (Fsp3) is 0.467. The number of amides is 1. The molecule has 0 saturated heterocycles. The molecule has 1 rings (SSSR count). The van der Waals surface area contributed by atoms with Gasteiger partial charge in [-0.05, 0) is 25.5 Å². The molecule has 1 aromatic rings. The molecule has 0 saturated carbocycles. The van der Waals surface area contributed by atoms with E-state index in [-0.39, 0.29) is 18.6 Å². The van der Waals surface area contributed by atoms with Gasteiger partial charge in [0.2, 0.25) is 5.91 Å². The van der Waals surface area contributed by atoms with Crippen LogP contribution < -0.4 is 15.4 Å². The first-order valence-corrected chi connectivity index (χ1v) is 6.92. The first-order valence-electron chi connectivity index (χ1n) is 6.92. The maximum atomic E-state index is 11.0. The van der Waals surface area contributed by atoms with Crippen molar-refractivity contribution in [3.63, 3.8) is 0 Å². The summed E-state index contributed by atoms with van der Waals surface area (Å²) in [5, 5.41) is 14.4. The number of anilines is 1. The number of hydrogen-bond donors (Lipinski definition) is 3. The molecule has 2 atom stereocenters. The SMILES string of the molecule is CCC(C)Oc1cccc(NCC(NC(C)=O)C(=O)O)c1. The van der Waals surface area contributed by atoms with Gasteiger partial charge in [-0.2, -0.15) is 0 Å². The molecule has 0 bridgehead atoms. The maximum absolute atomic E-state index is 11.0. The summed E-state index contributed by atoms with van der Waals surface area (Å²) in [5.41, 5.74) is 0.743. The van der Waals surface area contributed by atoms with E-state index in [4.69, 9.17) is 9.84 Å². The predicted molar refractivity (Wildman–Crippen MR) is 80.6 cm³/mol. The third-order valence-electron chi connectivity index (χ3n) is 2.93. The molecule has 2 unspecified atom stereocenters. The molecule has 0 aliphatic rings. The molecule has 1 amide bonds. The molecular weight excluding hydrogens is 272 g/mol. The molecule has 0 aliphatic carbocycles. The Morgan fingerprint density at radius 3 is 2.67 bits per heavy atom. The Balaban J connectivity index is 2.63. The van der Waals surface area contributed by atoms with Crippen LogP contribution in [0.5, 0.6) is 5.75 Å². The fourth-order valence-corrected chi connectivity index (χ4v) is 1.66. The molecule has 0 aromatic heterocycles. The van der Waals surface area contributed by atoms with Gasteiger partial charge in [-0.15, -0.1) is 0 Å². The number of carbonyl (C=O) groups excluding carboxylic acids is 1. The Bertz CT molecular complexity index is 490. The molecule has 1 aromatic carbocycles. The second-order valence-corrected chi connectivity index (χ2v) is 4.84. The van der Waals surface area contributed by atoms with Crippen molar-refractivity contribution in [2.24, 2.45) is 0 Å². The molecule has 6 heteroatoms. The highest BCUT2D eigenvalue weighted by molar-refractivity contribution is 5.82. The smallest absolute Gasteiger partial charge is 0.328 e. The maximum Gasteiger partial charge on any atom is 0.328 e. The van der Waals surface area contributed by atoms with Crippen LogP contribution in [0.3, 0.4) is 0 Å². The number of rotatable bonds is 8. The minimum Gasteiger partial charge on any atom is -0.491 e. The zero-order valence-electron chi connectivity index (χ0n) is 12.6. The summed E-state index contributed by atoms with van der Waals surface area (Å²) >= 11 is 0. The van der Waals surface area contributed by atoms with Crippen molar-refractivity contribution >= 4 is 17.6 Å². The number of benzene rings is 1. The van der Waals surface area contributed by atoms with E-state index in [1.807, 2.05) is 32.0 Å². The van der Waals surface area contributed by atoms with Gasteiger partial charge in [0.25, 0.3) is 0 Å². The van der Waals surface area contributed by atoms with Gasteiger partial charge in [-0.3, -0.25) is 4.79 Å². The summed E-state index contributed by atoms with van der Waals surface area (Å²) in [5.74, 6) is -0.733. The van der Waals surface area contributed by atoms with Crippen molar-refractivity contribution in [3.05, 3.63) is 24.3 Å². The van der Waals surface area contributed by atoms with Gasteiger partial charge >= 0.3 is 5.97 Å². The van der Waals surface area contributed by atoms with E-state index >= 15 is 0 Å². The normalized spacial score (nSPS) is 13.1. The van der Waals surface area contributed by atoms with Crippen molar-refractivity contribution in [2.45, 2.75) is 39.3 Å². The zero-order valence-corrected chi connectivity index (χ0v) is 12.6. The first kappa shape index (κ1) is 16.8. The highest BCUT2D eigenvalue weighted by Crippen LogP contribution is 2.19. The summed E-state index contributed by atoms with van der Waals surface area (Å²) in [4.78, 5) is 22.0. The molecule has 0 aliphatic heterocycles. The van der Waals surface area contributed by atoms with E-state index in [2.05, 4.69) is 10.6 Å². The molecule has 0 heterocycles. The Morgan fingerprint density at radius 2 is 2.10 bits per heavy atom. The van der Waals surface area contributed by atoms with Crippen molar-refractivity contribution in [2.75, 3.05) is 11.9 Å². The largest absolute Gasteiger partial charge is 0.491 e. The first-order chi connectivity index (χ1) is 9.92. The molecule has 0 radical (unpaired) electrons. The van der Waals surface area contributed by atoms with Gasteiger partial charge in [0, 0.05) is 25.2 Å². The second kappa shape index (κ2) is 8.14. The average Bonchev–Trinajstić information content (AvgIpc) is 2.43. The van der Waals surface area contributed by atoms with E-state index in [1.54, 1.807) is 6.07 Å². The number of hydrogen-bond acceptors (Lipinski definition) is 4. The number of aliphatic carboxylic acids is 1. The lowest BCUT2D eigenvalue weighted by Crippen LogP contribution is -2.44. The summed E-state index contributed by atoms with van der Waals surface area (Å²) in [7, 11) is 0. The van der Waals surface area contributed by atoms with Gasteiger partial charge in [0.05, 0.1) is 6.10 Å². The van der Waals surface area contributed by atoms with Crippen molar-refractivity contribution in [3.8, 4) is 5.75 Å². The van der Waals surface area contributed by atoms with Crippen LogP contribution in [0.2, 0.25) is 0 Å². The van der Waals surface area contributed by atoms with E-state index in [9.17, 15) is 9.59 Å². The van der Waals surface area contributed by atoms with Gasteiger partial charge in [0.15, 0.2) is 0 Å². The third kappa shape index (κ3) is 6.16. The van der Waals surface area contributed by atoms with Crippen LogP contribution in [0.4, 0.5) is 5.69 Å². The molecule has 3 N–H and O–H groups in total. The van der Waals surface area contributed by atoms with E-state index in [0.717, 1.165) is 17.9 Å². The summed E-state index contributed by atoms with van der Waals surface area (Å²) in [6, 6.07) is 6.32. The number of nitrogens with one attached hydrogen (secondary N) is 2. The Labute approximate surface area is 124 Å². The zero-order chi connectivity index (χ0) is 15.8. The third-order valence-corrected chi connectivity index (χ3v) is 2.93. The van der Waals surface area contributed by atoms with Crippen LogP contribution in [0.15, 0.2) is 24.3 Å². The van der Waals surface area contributed by atoms with Gasteiger partial charge in [-0.1, -0.05) is 13.0 Å². The topological polar surface area (TPSA) is 87.7 Å².